The molecule has 1 aliphatic heterocycles. The van der Waals surface area contributed by atoms with Gasteiger partial charge in [0.15, 0.2) is 0 Å². The lowest BCUT2D eigenvalue weighted by Gasteiger charge is -2.15. The zero-order chi connectivity index (χ0) is 17.2. The number of amidine groups is 1. The van der Waals surface area contributed by atoms with Crippen molar-refractivity contribution in [3.05, 3.63) is 59.7 Å². The fourth-order valence-electron chi connectivity index (χ4n) is 2.91. The minimum atomic E-state index is -0.236. The second kappa shape index (κ2) is 6.63. The maximum atomic E-state index is 13.0. The Bertz CT molecular complexity index is 824. The van der Waals surface area contributed by atoms with Crippen LogP contribution in [0.5, 0.6) is 0 Å². The Balaban J connectivity index is 1.41. The van der Waals surface area contributed by atoms with Crippen LogP contribution >= 0.6 is 0 Å². The lowest BCUT2D eigenvalue weighted by atomic mass is 10.1. The van der Waals surface area contributed by atoms with E-state index in [2.05, 4.69) is 31.7 Å². The maximum absolute atomic E-state index is 13.0. The van der Waals surface area contributed by atoms with Crippen molar-refractivity contribution in [2.24, 2.45) is 10.9 Å². The average molecular weight is 337 g/mol. The molecule has 1 saturated carbocycles. The number of halogens is 1. The maximum Gasteiger partial charge on any atom is 0.137 e. The molecule has 128 valence electrons. The van der Waals surface area contributed by atoms with Crippen LogP contribution in [0.4, 0.5) is 16.0 Å². The number of aliphatic imine (C=N–C) groups is 1. The van der Waals surface area contributed by atoms with Crippen LogP contribution in [0.2, 0.25) is 0 Å². The molecule has 5 nitrogen and oxygen atoms in total. The Morgan fingerprint density at radius 2 is 1.88 bits per heavy atom. The van der Waals surface area contributed by atoms with E-state index in [9.17, 15) is 4.39 Å². The molecule has 1 atom stereocenters. The summed E-state index contributed by atoms with van der Waals surface area (Å²) in [6.07, 6.45) is 6.23. The van der Waals surface area contributed by atoms with Gasteiger partial charge in [-0.1, -0.05) is 12.1 Å². The van der Waals surface area contributed by atoms with Crippen molar-refractivity contribution in [2.75, 3.05) is 17.2 Å². The van der Waals surface area contributed by atoms with Gasteiger partial charge in [-0.2, -0.15) is 0 Å². The molecule has 0 radical (unpaired) electrons. The van der Waals surface area contributed by atoms with Crippen LogP contribution in [0.1, 0.15) is 31.4 Å². The summed E-state index contributed by atoms with van der Waals surface area (Å²) in [5, 5.41) is 6.56. The molecule has 6 heteroatoms. The smallest absolute Gasteiger partial charge is 0.137 e. The van der Waals surface area contributed by atoms with E-state index in [1.807, 2.05) is 13.0 Å². The van der Waals surface area contributed by atoms with Crippen molar-refractivity contribution >= 4 is 17.5 Å². The zero-order valence-electron chi connectivity index (χ0n) is 14.0. The molecule has 0 amide bonds. The molecule has 2 heterocycles. The molecule has 2 N–H and O–H groups in total. The normalized spacial score (nSPS) is 17.7. The number of hydrogen-bond donors (Lipinski definition) is 2. The van der Waals surface area contributed by atoms with Crippen LogP contribution < -0.4 is 10.6 Å². The highest BCUT2D eigenvalue weighted by atomic mass is 19.1. The van der Waals surface area contributed by atoms with E-state index in [-0.39, 0.29) is 11.9 Å². The van der Waals surface area contributed by atoms with Gasteiger partial charge in [0.05, 0.1) is 6.54 Å². The SMILES string of the molecule is C[C@H](Nc1cc(NC2=NCC(C3CC3)=C2)ncn1)c1ccc(F)cc1. The Morgan fingerprint density at radius 1 is 1.12 bits per heavy atom. The standard InChI is InChI=1S/C19H20FN5/c1-12(13-4-6-16(20)7-5-13)24-18-9-19(23-11-22-18)25-17-8-15(10-21-17)14-2-3-14/h4-9,11-12,14H,2-3,10H2,1H3,(H2,21,22,23,24,25)/t12-/m0/s1. The van der Waals surface area contributed by atoms with E-state index >= 15 is 0 Å². The van der Waals surface area contributed by atoms with Crippen molar-refractivity contribution in [3.8, 4) is 0 Å². The predicted molar refractivity (Wildman–Crippen MR) is 97.2 cm³/mol. The van der Waals surface area contributed by atoms with Crippen molar-refractivity contribution in [1.82, 2.24) is 9.97 Å². The van der Waals surface area contributed by atoms with Gasteiger partial charge in [-0.05, 0) is 55.0 Å². The number of benzene rings is 1. The summed E-state index contributed by atoms with van der Waals surface area (Å²) in [5.74, 6) is 2.77. The molecular formula is C19H20FN5. The highest BCUT2D eigenvalue weighted by molar-refractivity contribution is 6.05. The van der Waals surface area contributed by atoms with Gasteiger partial charge in [0.25, 0.3) is 0 Å². The van der Waals surface area contributed by atoms with Crippen LogP contribution in [0, 0.1) is 11.7 Å². The second-order valence-corrected chi connectivity index (χ2v) is 6.53. The number of nitrogens with one attached hydrogen (secondary N) is 2. The van der Waals surface area contributed by atoms with Gasteiger partial charge in [-0.3, -0.25) is 4.99 Å². The van der Waals surface area contributed by atoms with Crippen molar-refractivity contribution < 1.29 is 4.39 Å². The number of rotatable bonds is 5. The number of aromatic nitrogens is 2. The number of nitrogens with zero attached hydrogens (tertiary/aromatic N) is 3. The fourth-order valence-corrected chi connectivity index (χ4v) is 2.91. The quantitative estimate of drug-likeness (QED) is 0.867. The number of anilines is 2. The summed E-state index contributed by atoms with van der Waals surface area (Å²) in [4.78, 5) is 13.0. The number of hydrogen-bond acceptors (Lipinski definition) is 5. The van der Waals surface area contributed by atoms with Crippen molar-refractivity contribution in [1.29, 1.82) is 0 Å². The Labute approximate surface area is 146 Å². The van der Waals surface area contributed by atoms with Crippen molar-refractivity contribution in [3.63, 3.8) is 0 Å². The second-order valence-electron chi connectivity index (χ2n) is 6.53. The summed E-state index contributed by atoms with van der Waals surface area (Å²) in [6, 6.07) is 8.32. The molecule has 1 aliphatic carbocycles. The van der Waals surface area contributed by atoms with Gasteiger partial charge in [0, 0.05) is 12.1 Å². The molecule has 2 aliphatic rings. The van der Waals surface area contributed by atoms with E-state index in [0.29, 0.717) is 11.6 Å². The van der Waals surface area contributed by atoms with E-state index in [0.717, 1.165) is 23.9 Å². The summed E-state index contributed by atoms with van der Waals surface area (Å²) >= 11 is 0. The molecular weight excluding hydrogens is 317 g/mol. The molecule has 0 saturated heterocycles. The topological polar surface area (TPSA) is 62.2 Å². The van der Waals surface area contributed by atoms with Crippen LogP contribution in [0.15, 0.2) is 53.3 Å². The van der Waals surface area contributed by atoms with Crippen LogP contribution in [-0.4, -0.2) is 22.3 Å². The van der Waals surface area contributed by atoms with Crippen LogP contribution in [0.25, 0.3) is 0 Å². The monoisotopic (exact) mass is 337 g/mol. The molecule has 0 bridgehead atoms. The Hall–Kier alpha value is -2.76. The molecule has 1 aromatic heterocycles. The largest absolute Gasteiger partial charge is 0.363 e. The third-order valence-corrected chi connectivity index (χ3v) is 4.51. The molecule has 4 rings (SSSR count). The van der Waals surface area contributed by atoms with Gasteiger partial charge in [-0.25, -0.2) is 14.4 Å². The van der Waals surface area contributed by atoms with E-state index in [4.69, 9.17) is 0 Å². The third kappa shape index (κ3) is 3.84. The Morgan fingerprint density at radius 3 is 2.64 bits per heavy atom. The van der Waals surface area contributed by atoms with Gasteiger partial charge >= 0.3 is 0 Å². The van der Waals surface area contributed by atoms with Gasteiger partial charge in [-0.15, -0.1) is 0 Å². The first-order valence-corrected chi connectivity index (χ1v) is 8.53. The van der Waals surface area contributed by atoms with Gasteiger partial charge in [0.1, 0.15) is 29.6 Å². The minimum absolute atomic E-state index is 0.00790. The first-order valence-electron chi connectivity index (χ1n) is 8.53. The molecule has 2 aromatic rings. The molecule has 0 spiro atoms. The van der Waals surface area contributed by atoms with Crippen LogP contribution in [0.3, 0.4) is 0 Å². The first kappa shape index (κ1) is 15.7. The van der Waals surface area contributed by atoms with E-state index in [1.54, 1.807) is 12.1 Å². The molecule has 1 fully saturated rings. The summed E-state index contributed by atoms with van der Waals surface area (Å²) < 4.78 is 13.0. The lowest BCUT2D eigenvalue weighted by molar-refractivity contribution is 0.626. The molecule has 1 aromatic carbocycles. The van der Waals surface area contributed by atoms with E-state index in [1.165, 1.54) is 36.9 Å². The highest BCUT2D eigenvalue weighted by Crippen LogP contribution is 2.37. The van der Waals surface area contributed by atoms with Gasteiger partial charge < -0.3 is 10.6 Å². The summed E-state index contributed by atoms with van der Waals surface area (Å²) in [7, 11) is 0. The predicted octanol–water partition coefficient (Wildman–Crippen LogP) is 3.95. The highest BCUT2D eigenvalue weighted by Gasteiger charge is 2.27. The van der Waals surface area contributed by atoms with Crippen molar-refractivity contribution in [2.45, 2.75) is 25.8 Å². The zero-order valence-corrected chi connectivity index (χ0v) is 14.0. The Kier molecular flexibility index (Phi) is 4.17. The summed E-state index contributed by atoms with van der Waals surface area (Å²) in [5.41, 5.74) is 2.41. The third-order valence-electron chi connectivity index (χ3n) is 4.51. The fraction of sp³-hybridized carbons (Fsp3) is 0.316. The lowest BCUT2D eigenvalue weighted by Crippen LogP contribution is -2.11. The average Bonchev–Trinajstić information content (AvgIpc) is 3.36. The molecule has 25 heavy (non-hydrogen) atoms. The summed E-state index contributed by atoms with van der Waals surface area (Å²) in [6.45, 7) is 2.80. The first-order chi connectivity index (χ1) is 12.2. The van der Waals surface area contributed by atoms with E-state index < -0.39 is 0 Å². The van der Waals surface area contributed by atoms with Gasteiger partial charge in [0.2, 0.25) is 0 Å². The van der Waals surface area contributed by atoms with Crippen LogP contribution in [-0.2, 0) is 0 Å². The molecule has 0 unspecified atom stereocenters. The minimum Gasteiger partial charge on any atom is -0.363 e.